The Bertz CT molecular complexity index is 527. The smallest absolute Gasteiger partial charge is 0.155 e. The van der Waals surface area contributed by atoms with Gasteiger partial charge >= 0.3 is 0 Å². The van der Waals surface area contributed by atoms with Gasteiger partial charge in [-0.05, 0) is 43.5 Å². The van der Waals surface area contributed by atoms with E-state index in [0.29, 0.717) is 10.8 Å². The monoisotopic (exact) mass is 315 g/mol. The molecule has 20 heavy (non-hydrogen) atoms. The van der Waals surface area contributed by atoms with Gasteiger partial charge in [-0.25, -0.2) is 8.42 Å². The Balaban J connectivity index is 2.29. The second-order valence-corrected chi connectivity index (χ2v) is 8.16. The van der Waals surface area contributed by atoms with Crippen LogP contribution in [0.3, 0.4) is 0 Å². The molecule has 0 saturated carbocycles. The van der Waals surface area contributed by atoms with Crippen molar-refractivity contribution in [1.82, 2.24) is 5.32 Å². The van der Waals surface area contributed by atoms with Crippen LogP contribution in [0.25, 0.3) is 0 Å². The van der Waals surface area contributed by atoms with Gasteiger partial charge in [-0.3, -0.25) is 0 Å². The fourth-order valence-electron chi connectivity index (χ4n) is 2.79. The van der Waals surface area contributed by atoms with Gasteiger partial charge < -0.3 is 5.32 Å². The molecule has 0 amide bonds. The Kier molecular flexibility index (Phi) is 5.47. The Labute approximate surface area is 126 Å². The highest BCUT2D eigenvalue weighted by Gasteiger charge is 2.35. The van der Waals surface area contributed by atoms with Crippen LogP contribution in [-0.2, 0) is 9.84 Å². The SMILES string of the molecule is CCCNC(c1ccc(Cl)cc1)C1CCCCS1(=O)=O. The van der Waals surface area contributed by atoms with Crippen molar-refractivity contribution >= 4 is 21.4 Å². The van der Waals surface area contributed by atoms with Crippen molar-refractivity contribution in [3.05, 3.63) is 34.9 Å². The van der Waals surface area contributed by atoms with E-state index >= 15 is 0 Å². The van der Waals surface area contributed by atoms with Crippen molar-refractivity contribution < 1.29 is 8.42 Å². The number of benzene rings is 1. The molecule has 1 aliphatic rings. The molecule has 1 heterocycles. The van der Waals surface area contributed by atoms with Gasteiger partial charge in [0.15, 0.2) is 9.84 Å². The molecule has 1 aromatic carbocycles. The zero-order valence-electron chi connectivity index (χ0n) is 11.8. The maximum atomic E-state index is 12.4. The summed E-state index contributed by atoms with van der Waals surface area (Å²) in [7, 11) is -3.01. The third-order valence-electron chi connectivity index (χ3n) is 3.84. The molecular weight excluding hydrogens is 294 g/mol. The summed E-state index contributed by atoms with van der Waals surface area (Å²) in [4.78, 5) is 0. The van der Waals surface area contributed by atoms with Crippen molar-refractivity contribution in [2.45, 2.75) is 43.9 Å². The maximum absolute atomic E-state index is 12.4. The van der Waals surface area contributed by atoms with Crippen LogP contribution >= 0.6 is 11.6 Å². The highest BCUT2D eigenvalue weighted by Crippen LogP contribution is 2.31. The lowest BCUT2D eigenvalue weighted by molar-refractivity contribution is 0.446. The molecule has 3 nitrogen and oxygen atoms in total. The molecule has 1 fully saturated rings. The van der Waals surface area contributed by atoms with E-state index in [1.165, 1.54) is 0 Å². The van der Waals surface area contributed by atoms with E-state index in [-0.39, 0.29) is 11.3 Å². The first kappa shape index (κ1) is 15.8. The quantitative estimate of drug-likeness (QED) is 0.906. The molecule has 1 aromatic rings. The lowest BCUT2D eigenvalue weighted by Crippen LogP contribution is -2.40. The molecule has 0 bridgehead atoms. The van der Waals surface area contributed by atoms with Gasteiger partial charge in [0.25, 0.3) is 0 Å². The molecule has 0 radical (unpaired) electrons. The molecule has 0 aromatic heterocycles. The summed E-state index contributed by atoms with van der Waals surface area (Å²) in [6.07, 6.45) is 3.50. The third kappa shape index (κ3) is 3.74. The highest BCUT2D eigenvalue weighted by molar-refractivity contribution is 7.92. The van der Waals surface area contributed by atoms with Gasteiger partial charge in [0.05, 0.1) is 11.0 Å². The molecule has 1 aliphatic heterocycles. The molecule has 2 unspecified atom stereocenters. The van der Waals surface area contributed by atoms with Gasteiger partial charge in [-0.2, -0.15) is 0 Å². The normalized spacial score (nSPS) is 23.4. The fraction of sp³-hybridized carbons (Fsp3) is 0.600. The molecule has 1 N–H and O–H groups in total. The summed E-state index contributed by atoms with van der Waals surface area (Å²) in [6.45, 7) is 2.90. The Morgan fingerprint density at radius 3 is 2.60 bits per heavy atom. The molecule has 0 spiro atoms. The van der Waals surface area contributed by atoms with E-state index in [1.807, 2.05) is 24.3 Å². The number of sulfone groups is 1. The predicted molar refractivity (Wildman–Crippen MR) is 83.9 cm³/mol. The summed E-state index contributed by atoms with van der Waals surface area (Å²) >= 11 is 5.92. The van der Waals surface area contributed by atoms with Gasteiger partial charge in [0, 0.05) is 11.1 Å². The zero-order chi connectivity index (χ0) is 14.6. The Morgan fingerprint density at radius 2 is 2.00 bits per heavy atom. The minimum absolute atomic E-state index is 0.127. The number of hydrogen-bond acceptors (Lipinski definition) is 3. The van der Waals surface area contributed by atoms with Gasteiger partial charge in [-0.15, -0.1) is 0 Å². The summed E-state index contributed by atoms with van der Waals surface area (Å²) in [5, 5.41) is 3.77. The molecule has 1 saturated heterocycles. The standard InChI is InChI=1S/C15H22ClNO2S/c1-2-10-17-15(12-6-8-13(16)9-7-12)14-5-3-4-11-20(14,18)19/h6-9,14-15,17H,2-5,10-11H2,1H3. The first-order valence-corrected chi connectivity index (χ1v) is 9.34. The van der Waals surface area contributed by atoms with E-state index < -0.39 is 9.84 Å². The van der Waals surface area contributed by atoms with Gasteiger partial charge in [0.2, 0.25) is 0 Å². The van der Waals surface area contributed by atoms with E-state index in [0.717, 1.165) is 37.8 Å². The van der Waals surface area contributed by atoms with Crippen molar-refractivity contribution in [3.63, 3.8) is 0 Å². The maximum Gasteiger partial charge on any atom is 0.155 e. The van der Waals surface area contributed by atoms with E-state index in [1.54, 1.807) is 0 Å². The summed E-state index contributed by atoms with van der Waals surface area (Å²) in [5.74, 6) is 0.315. The molecule has 5 heteroatoms. The van der Waals surface area contributed by atoms with E-state index in [4.69, 9.17) is 11.6 Å². The van der Waals surface area contributed by atoms with Crippen LogP contribution in [0, 0.1) is 0 Å². The van der Waals surface area contributed by atoms with Crippen LogP contribution in [0.5, 0.6) is 0 Å². The lowest BCUT2D eigenvalue weighted by Gasteiger charge is -2.31. The first-order valence-electron chi connectivity index (χ1n) is 7.25. The third-order valence-corrected chi connectivity index (χ3v) is 6.38. The van der Waals surface area contributed by atoms with E-state index in [9.17, 15) is 8.42 Å². The Morgan fingerprint density at radius 1 is 1.30 bits per heavy atom. The van der Waals surface area contributed by atoms with Crippen molar-refractivity contribution in [2.24, 2.45) is 0 Å². The average molecular weight is 316 g/mol. The van der Waals surface area contributed by atoms with E-state index in [2.05, 4.69) is 12.2 Å². The number of halogens is 1. The largest absolute Gasteiger partial charge is 0.309 e. The predicted octanol–water partition coefficient (Wildman–Crippen LogP) is 3.35. The number of nitrogens with one attached hydrogen (secondary N) is 1. The highest BCUT2D eigenvalue weighted by atomic mass is 35.5. The molecular formula is C15H22ClNO2S. The first-order chi connectivity index (χ1) is 9.54. The summed E-state index contributed by atoms with van der Waals surface area (Å²) in [5.41, 5.74) is 1.01. The molecule has 2 rings (SSSR count). The number of hydrogen-bond donors (Lipinski definition) is 1. The topological polar surface area (TPSA) is 46.2 Å². The van der Waals surface area contributed by atoms with Gasteiger partial charge in [-0.1, -0.05) is 37.1 Å². The second kappa shape index (κ2) is 6.92. The van der Waals surface area contributed by atoms with Gasteiger partial charge in [0.1, 0.15) is 0 Å². The minimum Gasteiger partial charge on any atom is -0.309 e. The van der Waals surface area contributed by atoms with Crippen molar-refractivity contribution in [3.8, 4) is 0 Å². The van der Waals surface area contributed by atoms with Crippen LogP contribution in [0.2, 0.25) is 5.02 Å². The lowest BCUT2D eigenvalue weighted by atomic mass is 9.99. The van der Waals surface area contributed by atoms with Crippen LogP contribution in [0.15, 0.2) is 24.3 Å². The van der Waals surface area contributed by atoms with Crippen molar-refractivity contribution in [1.29, 1.82) is 0 Å². The summed E-state index contributed by atoms with van der Waals surface area (Å²) in [6, 6.07) is 7.39. The summed E-state index contributed by atoms with van der Waals surface area (Å²) < 4.78 is 24.7. The average Bonchev–Trinajstić information content (AvgIpc) is 2.42. The van der Waals surface area contributed by atoms with Crippen molar-refractivity contribution in [2.75, 3.05) is 12.3 Å². The number of rotatable bonds is 5. The van der Waals surface area contributed by atoms with Crippen LogP contribution in [-0.4, -0.2) is 26.0 Å². The van der Waals surface area contributed by atoms with Crippen LogP contribution < -0.4 is 5.32 Å². The minimum atomic E-state index is -3.01. The van der Waals surface area contributed by atoms with Crippen LogP contribution in [0.4, 0.5) is 0 Å². The Hall–Kier alpha value is -0.580. The molecule has 2 atom stereocenters. The molecule has 0 aliphatic carbocycles. The second-order valence-electron chi connectivity index (χ2n) is 5.38. The van der Waals surface area contributed by atoms with Crippen LogP contribution in [0.1, 0.15) is 44.2 Å². The zero-order valence-corrected chi connectivity index (χ0v) is 13.4. The fourth-order valence-corrected chi connectivity index (χ4v) is 5.02. The molecule has 112 valence electrons.